The summed E-state index contributed by atoms with van der Waals surface area (Å²) in [5.74, 6) is -2.33. The molecule has 2 aromatic heterocycles. The predicted molar refractivity (Wildman–Crippen MR) is 118 cm³/mol. The van der Waals surface area contributed by atoms with Crippen LogP contribution in [0, 0.1) is 11.6 Å². The molecule has 6 nitrogen and oxygen atoms in total. The fraction of sp³-hybridized carbons (Fsp3) is 0.0952. The minimum absolute atomic E-state index is 0.196. The molecule has 1 N–H and O–H groups in total. The van der Waals surface area contributed by atoms with Crippen molar-refractivity contribution in [3.05, 3.63) is 86.4 Å². The van der Waals surface area contributed by atoms with Crippen molar-refractivity contribution < 1.29 is 13.6 Å². The van der Waals surface area contributed by atoms with E-state index in [1.165, 1.54) is 11.8 Å². The molecule has 0 spiro atoms. The first kappa shape index (κ1) is 21.0. The number of hydrogen-bond acceptors (Lipinski definition) is 5. The SMILES string of the molecule is CSc1cccc(NC(=O)Cn2c(=O)n(-c3cc(F)cc(F)c3)c(=O)c3sccc32)c1. The summed E-state index contributed by atoms with van der Waals surface area (Å²) in [5, 5.41) is 4.33. The molecule has 0 aliphatic carbocycles. The van der Waals surface area contributed by atoms with Gasteiger partial charge in [-0.3, -0.25) is 14.2 Å². The standard InChI is InChI=1S/C21H15F2N3O3S2/c1-30-16-4-2-3-14(10-16)24-18(27)11-25-17-5-6-31-19(17)20(28)26(21(25)29)15-8-12(22)7-13(23)9-15/h2-10H,11H2,1H3,(H,24,27). The Kier molecular flexibility index (Phi) is 5.75. The molecule has 2 heterocycles. The zero-order valence-electron chi connectivity index (χ0n) is 16.1. The summed E-state index contributed by atoms with van der Waals surface area (Å²) in [6.07, 6.45) is 1.91. The Morgan fingerprint density at radius 1 is 1.10 bits per heavy atom. The minimum Gasteiger partial charge on any atom is -0.324 e. The van der Waals surface area contributed by atoms with Crippen molar-refractivity contribution in [2.24, 2.45) is 0 Å². The second-order valence-electron chi connectivity index (χ2n) is 6.55. The summed E-state index contributed by atoms with van der Waals surface area (Å²) >= 11 is 2.59. The third-order valence-electron chi connectivity index (χ3n) is 4.52. The maximum Gasteiger partial charge on any atom is 0.336 e. The van der Waals surface area contributed by atoms with Crippen LogP contribution >= 0.6 is 23.1 Å². The van der Waals surface area contributed by atoms with Crippen LogP contribution in [0.5, 0.6) is 0 Å². The van der Waals surface area contributed by atoms with Gasteiger partial charge < -0.3 is 5.32 Å². The normalized spacial score (nSPS) is 11.1. The molecule has 0 bridgehead atoms. The smallest absolute Gasteiger partial charge is 0.324 e. The van der Waals surface area contributed by atoms with Gasteiger partial charge >= 0.3 is 5.69 Å². The van der Waals surface area contributed by atoms with E-state index in [9.17, 15) is 23.2 Å². The van der Waals surface area contributed by atoms with E-state index in [1.54, 1.807) is 29.6 Å². The molecule has 0 aliphatic rings. The van der Waals surface area contributed by atoms with E-state index < -0.39 is 28.8 Å². The van der Waals surface area contributed by atoms with Gasteiger partial charge in [-0.1, -0.05) is 6.07 Å². The fourth-order valence-corrected chi connectivity index (χ4v) is 4.46. The quantitative estimate of drug-likeness (QED) is 0.460. The van der Waals surface area contributed by atoms with Crippen LogP contribution < -0.4 is 16.6 Å². The molecule has 158 valence electrons. The zero-order valence-corrected chi connectivity index (χ0v) is 17.7. The highest BCUT2D eigenvalue weighted by Crippen LogP contribution is 2.20. The monoisotopic (exact) mass is 459 g/mol. The molecule has 0 saturated heterocycles. The Balaban J connectivity index is 1.79. The van der Waals surface area contributed by atoms with Gasteiger partial charge in [0.1, 0.15) is 22.9 Å². The first-order chi connectivity index (χ1) is 14.9. The van der Waals surface area contributed by atoms with Crippen LogP contribution in [0.15, 0.2) is 68.4 Å². The summed E-state index contributed by atoms with van der Waals surface area (Å²) in [6, 6.07) is 11.2. The molecule has 4 rings (SSSR count). The minimum atomic E-state index is -0.925. The van der Waals surface area contributed by atoms with Gasteiger partial charge in [-0.15, -0.1) is 23.1 Å². The number of benzene rings is 2. The van der Waals surface area contributed by atoms with E-state index in [1.807, 2.05) is 12.3 Å². The average molecular weight is 459 g/mol. The number of fused-ring (bicyclic) bond motifs is 1. The highest BCUT2D eigenvalue weighted by molar-refractivity contribution is 7.98. The second-order valence-corrected chi connectivity index (χ2v) is 8.35. The summed E-state index contributed by atoms with van der Waals surface area (Å²) in [4.78, 5) is 39.6. The third kappa shape index (κ3) is 4.17. The maximum atomic E-state index is 13.7. The molecule has 0 unspecified atom stereocenters. The van der Waals surface area contributed by atoms with Gasteiger partial charge in [0.15, 0.2) is 0 Å². The average Bonchev–Trinajstić information content (AvgIpc) is 3.21. The van der Waals surface area contributed by atoms with E-state index in [4.69, 9.17) is 0 Å². The zero-order chi connectivity index (χ0) is 22.1. The Bertz CT molecular complexity index is 1410. The molecule has 0 fully saturated rings. The van der Waals surface area contributed by atoms with Crippen molar-refractivity contribution in [1.29, 1.82) is 0 Å². The van der Waals surface area contributed by atoms with Gasteiger partial charge in [-0.25, -0.2) is 18.1 Å². The van der Waals surface area contributed by atoms with Gasteiger partial charge in [-0.05, 0) is 48.0 Å². The Morgan fingerprint density at radius 2 is 1.84 bits per heavy atom. The number of carbonyl (C=O) groups is 1. The van der Waals surface area contributed by atoms with Crippen LogP contribution in [-0.4, -0.2) is 21.3 Å². The van der Waals surface area contributed by atoms with Crippen LogP contribution in [0.2, 0.25) is 0 Å². The third-order valence-corrected chi connectivity index (χ3v) is 6.13. The lowest BCUT2D eigenvalue weighted by molar-refractivity contribution is -0.116. The van der Waals surface area contributed by atoms with Crippen molar-refractivity contribution in [2.75, 3.05) is 11.6 Å². The molecule has 0 aliphatic heterocycles. The number of nitrogens with zero attached hydrogens (tertiary/aromatic N) is 2. The molecule has 10 heteroatoms. The number of carbonyl (C=O) groups excluding carboxylic acids is 1. The van der Waals surface area contributed by atoms with E-state index in [0.29, 0.717) is 16.3 Å². The van der Waals surface area contributed by atoms with Gasteiger partial charge in [0.05, 0.1) is 11.2 Å². The van der Waals surface area contributed by atoms with Gasteiger partial charge in [0, 0.05) is 16.6 Å². The van der Waals surface area contributed by atoms with Crippen LogP contribution in [0.1, 0.15) is 0 Å². The molecular formula is C21H15F2N3O3S2. The fourth-order valence-electron chi connectivity index (χ4n) is 3.18. The van der Waals surface area contributed by atoms with Crippen LogP contribution in [-0.2, 0) is 11.3 Å². The van der Waals surface area contributed by atoms with E-state index in [-0.39, 0.29) is 22.4 Å². The molecular weight excluding hydrogens is 444 g/mol. The second kappa shape index (κ2) is 8.48. The first-order valence-corrected chi connectivity index (χ1v) is 11.1. The van der Waals surface area contributed by atoms with Gasteiger partial charge in [0.25, 0.3) is 5.56 Å². The molecule has 31 heavy (non-hydrogen) atoms. The number of amides is 1. The summed E-state index contributed by atoms with van der Waals surface area (Å²) in [5.41, 5.74) is -0.976. The number of hydrogen-bond donors (Lipinski definition) is 1. The molecule has 1 amide bonds. The lowest BCUT2D eigenvalue weighted by Crippen LogP contribution is -2.40. The number of thiophene rings is 1. The van der Waals surface area contributed by atoms with Crippen molar-refractivity contribution in [1.82, 2.24) is 9.13 Å². The summed E-state index contributed by atoms with van der Waals surface area (Å²) in [7, 11) is 0. The number of aromatic nitrogens is 2. The molecule has 0 saturated carbocycles. The highest BCUT2D eigenvalue weighted by Gasteiger charge is 2.18. The molecule has 2 aromatic carbocycles. The van der Waals surface area contributed by atoms with Crippen molar-refractivity contribution in [3.8, 4) is 5.69 Å². The Labute approximate surface area is 182 Å². The van der Waals surface area contributed by atoms with Crippen LogP contribution in [0.4, 0.5) is 14.5 Å². The summed E-state index contributed by atoms with van der Waals surface area (Å²) in [6.45, 7) is -0.381. The van der Waals surface area contributed by atoms with Crippen molar-refractivity contribution in [2.45, 2.75) is 11.4 Å². The highest BCUT2D eigenvalue weighted by atomic mass is 32.2. The van der Waals surface area contributed by atoms with Crippen molar-refractivity contribution in [3.63, 3.8) is 0 Å². The van der Waals surface area contributed by atoms with E-state index in [0.717, 1.165) is 32.9 Å². The van der Waals surface area contributed by atoms with E-state index >= 15 is 0 Å². The number of halogens is 2. The molecule has 0 radical (unpaired) electrons. The Hall–Kier alpha value is -3.24. The predicted octanol–water partition coefficient (Wildman–Crippen LogP) is 3.85. The number of thioether (sulfide) groups is 1. The van der Waals surface area contributed by atoms with Gasteiger partial charge in [0.2, 0.25) is 5.91 Å². The lowest BCUT2D eigenvalue weighted by atomic mass is 10.3. The maximum absolute atomic E-state index is 13.7. The first-order valence-electron chi connectivity index (χ1n) is 9.01. The van der Waals surface area contributed by atoms with Gasteiger partial charge in [-0.2, -0.15) is 0 Å². The van der Waals surface area contributed by atoms with E-state index in [2.05, 4.69) is 5.32 Å². The largest absolute Gasteiger partial charge is 0.336 e. The Morgan fingerprint density at radius 3 is 2.55 bits per heavy atom. The number of nitrogens with one attached hydrogen (secondary N) is 1. The summed E-state index contributed by atoms with van der Waals surface area (Å²) < 4.78 is 29.4. The topological polar surface area (TPSA) is 73.1 Å². The van der Waals surface area contributed by atoms with Crippen molar-refractivity contribution >= 4 is 44.9 Å². The van der Waals surface area contributed by atoms with Crippen LogP contribution in [0.25, 0.3) is 15.9 Å². The van der Waals surface area contributed by atoms with Crippen LogP contribution in [0.3, 0.4) is 0 Å². The number of anilines is 1. The lowest BCUT2D eigenvalue weighted by Gasteiger charge is -2.13. The number of rotatable bonds is 5. The molecule has 0 atom stereocenters. The molecule has 4 aromatic rings.